The maximum atomic E-state index is 6.05. The van der Waals surface area contributed by atoms with Crippen LogP contribution in [0.3, 0.4) is 0 Å². The molecule has 1 aromatic carbocycles. The van der Waals surface area contributed by atoms with E-state index in [1.165, 1.54) is 5.56 Å². The average Bonchev–Trinajstić information content (AvgIpc) is 2.74. The van der Waals surface area contributed by atoms with Crippen molar-refractivity contribution in [3.8, 4) is 0 Å². The van der Waals surface area contributed by atoms with E-state index in [0.29, 0.717) is 5.82 Å². The van der Waals surface area contributed by atoms with Crippen molar-refractivity contribution in [3.63, 3.8) is 0 Å². The molecule has 0 radical (unpaired) electrons. The lowest BCUT2D eigenvalue weighted by atomic mass is 9.99. The third-order valence-corrected chi connectivity index (χ3v) is 2.41. The summed E-state index contributed by atoms with van der Waals surface area (Å²) >= 11 is 0. The summed E-state index contributed by atoms with van der Waals surface area (Å²) in [6.07, 6.45) is 0. The second kappa shape index (κ2) is 3.78. The van der Waals surface area contributed by atoms with Crippen LogP contribution in [0.2, 0.25) is 0 Å². The first-order valence-electron chi connectivity index (χ1n) is 4.74. The lowest BCUT2D eigenvalue weighted by molar-refractivity contribution is 0.778. The van der Waals surface area contributed by atoms with E-state index in [-0.39, 0.29) is 6.04 Å². The zero-order valence-corrected chi connectivity index (χ0v) is 8.73. The second-order valence-electron chi connectivity index (χ2n) is 3.61. The van der Waals surface area contributed by atoms with E-state index in [1.54, 1.807) is 0 Å². The van der Waals surface area contributed by atoms with Gasteiger partial charge in [0.2, 0.25) is 0 Å². The quantitative estimate of drug-likeness (QED) is 0.758. The molecule has 0 saturated heterocycles. The van der Waals surface area contributed by atoms with Crippen LogP contribution in [0.1, 0.15) is 28.6 Å². The number of aryl methyl sites for hydroxylation is 2. The van der Waals surface area contributed by atoms with Gasteiger partial charge in [-0.3, -0.25) is 0 Å². The fourth-order valence-corrected chi connectivity index (χ4v) is 1.54. The molecule has 0 aliphatic rings. The second-order valence-corrected chi connectivity index (χ2v) is 3.61. The fourth-order valence-electron chi connectivity index (χ4n) is 1.54. The molecule has 0 spiro atoms. The highest BCUT2D eigenvalue weighted by atomic mass is 15.5. The molecule has 5 heteroatoms. The van der Waals surface area contributed by atoms with Gasteiger partial charge in [0.1, 0.15) is 0 Å². The number of nitrogens with one attached hydrogen (secondary N) is 1. The van der Waals surface area contributed by atoms with Crippen molar-refractivity contribution in [1.29, 1.82) is 0 Å². The van der Waals surface area contributed by atoms with Crippen LogP contribution in [-0.4, -0.2) is 20.6 Å². The van der Waals surface area contributed by atoms with Crippen molar-refractivity contribution < 1.29 is 0 Å². The minimum absolute atomic E-state index is 0.316. The molecule has 15 heavy (non-hydrogen) atoms. The summed E-state index contributed by atoms with van der Waals surface area (Å²) in [6, 6.07) is 5.84. The molecule has 0 fully saturated rings. The summed E-state index contributed by atoms with van der Waals surface area (Å²) in [6.45, 7) is 4.06. The molecule has 1 aromatic heterocycles. The Labute approximate surface area is 87.7 Å². The van der Waals surface area contributed by atoms with Crippen LogP contribution in [0.4, 0.5) is 0 Å². The minimum atomic E-state index is -0.316. The maximum Gasteiger partial charge on any atom is 0.195 e. The highest BCUT2D eigenvalue weighted by Gasteiger charge is 2.15. The topological polar surface area (TPSA) is 80.5 Å². The highest BCUT2D eigenvalue weighted by Crippen LogP contribution is 2.20. The molecule has 0 saturated carbocycles. The van der Waals surface area contributed by atoms with Gasteiger partial charge in [-0.1, -0.05) is 29.0 Å². The number of nitrogens with zero attached hydrogens (tertiary/aromatic N) is 3. The maximum absolute atomic E-state index is 6.05. The molecule has 1 unspecified atom stereocenters. The van der Waals surface area contributed by atoms with Gasteiger partial charge in [-0.05, 0) is 25.0 Å². The van der Waals surface area contributed by atoms with E-state index in [2.05, 4.69) is 32.8 Å². The Bertz CT molecular complexity index is 449. The molecule has 2 aromatic rings. The van der Waals surface area contributed by atoms with E-state index in [1.807, 2.05) is 19.9 Å². The number of benzene rings is 1. The predicted octanol–water partition coefficient (Wildman–Crippen LogP) is 0.865. The lowest BCUT2D eigenvalue weighted by Gasteiger charge is -2.11. The monoisotopic (exact) mass is 203 g/mol. The van der Waals surface area contributed by atoms with Crippen molar-refractivity contribution in [3.05, 3.63) is 40.7 Å². The normalized spacial score (nSPS) is 12.7. The molecule has 78 valence electrons. The summed E-state index contributed by atoms with van der Waals surface area (Å²) in [5.41, 5.74) is 9.40. The molecule has 3 N–H and O–H groups in total. The molecule has 0 aliphatic heterocycles. The first kappa shape index (κ1) is 9.79. The van der Waals surface area contributed by atoms with Crippen molar-refractivity contribution in [2.24, 2.45) is 5.73 Å². The van der Waals surface area contributed by atoms with Gasteiger partial charge < -0.3 is 5.73 Å². The summed E-state index contributed by atoms with van der Waals surface area (Å²) in [5, 5.41) is 13.7. The highest BCUT2D eigenvalue weighted by molar-refractivity contribution is 5.35. The molecule has 1 heterocycles. The van der Waals surface area contributed by atoms with Crippen LogP contribution >= 0.6 is 0 Å². The molecule has 2 rings (SSSR count). The van der Waals surface area contributed by atoms with Crippen LogP contribution < -0.4 is 5.73 Å². The largest absolute Gasteiger partial charge is 0.318 e. The van der Waals surface area contributed by atoms with Gasteiger partial charge >= 0.3 is 0 Å². The lowest BCUT2D eigenvalue weighted by Crippen LogP contribution is -2.15. The van der Waals surface area contributed by atoms with Crippen molar-refractivity contribution >= 4 is 0 Å². The number of rotatable bonds is 2. The zero-order valence-electron chi connectivity index (χ0n) is 8.73. The Morgan fingerprint density at radius 1 is 1.33 bits per heavy atom. The van der Waals surface area contributed by atoms with E-state index < -0.39 is 0 Å². The Morgan fingerprint density at radius 2 is 2.13 bits per heavy atom. The SMILES string of the molecule is Cc1ccc(C)c(C(N)c2nn[nH]n2)c1. The van der Waals surface area contributed by atoms with Gasteiger partial charge in [-0.2, -0.15) is 5.21 Å². The third-order valence-electron chi connectivity index (χ3n) is 2.41. The third kappa shape index (κ3) is 1.87. The summed E-state index contributed by atoms with van der Waals surface area (Å²) in [5.74, 6) is 0.517. The van der Waals surface area contributed by atoms with Gasteiger partial charge in [0.05, 0.1) is 6.04 Å². The van der Waals surface area contributed by atoms with Crippen molar-refractivity contribution in [1.82, 2.24) is 20.6 Å². The minimum Gasteiger partial charge on any atom is -0.318 e. The molecule has 1 atom stereocenters. The van der Waals surface area contributed by atoms with E-state index >= 15 is 0 Å². The summed E-state index contributed by atoms with van der Waals surface area (Å²) < 4.78 is 0. The van der Waals surface area contributed by atoms with E-state index in [0.717, 1.165) is 11.1 Å². The van der Waals surface area contributed by atoms with Gasteiger partial charge in [-0.15, -0.1) is 10.2 Å². The Hall–Kier alpha value is -1.75. The van der Waals surface area contributed by atoms with Gasteiger partial charge in [0.25, 0.3) is 0 Å². The summed E-state index contributed by atoms with van der Waals surface area (Å²) in [7, 11) is 0. The van der Waals surface area contributed by atoms with Crippen LogP contribution in [0.15, 0.2) is 18.2 Å². The smallest absolute Gasteiger partial charge is 0.195 e. The Balaban J connectivity index is 2.41. The van der Waals surface area contributed by atoms with Crippen molar-refractivity contribution in [2.75, 3.05) is 0 Å². The predicted molar refractivity (Wildman–Crippen MR) is 56.1 cm³/mol. The number of H-pyrrole nitrogens is 1. The number of aromatic nitrogens is 4. The molecule has 0 bridgehead atoms. The van der Waals surface area contributed by atoms with Crippen LogP contribution in [-0.2, 0) is 0 Å². The van der Waals surface area contributed by atoms with E-state index in [4.69, 9.17) is 5.73 Å². The van der Waals surface area contributed by atoms with Gasteiger partial charge in [0.15, 0.2) is 5.82 Å². The Kier molecular flexibility index (Phi) is 2.47. The molecular weight excluding hydrogens is 190 g/mol. The van der Waals surface area contributed by atoms with Crippen LogP contribution in [0.25, 0.3) is 0 Å². The number of aromatic amines is 1. The van der Waals surface area contributed by atoms with Crippen LogP contribution in [0, 0.1) is 13.8 Å². The standard InChI is InChI=1S/C10H13N5/c1-6-3-4-7(2)8(5-6)9(11)10-12-14-15-13-10/h3-5,9H,11H2,1-2H3,(H,12,13,14,15). The van der Waals surface area contributed by atoms with Crippen LogP contribution in [0.5, 0.6) is 0 Å². The molecular formula is C10H13N5. The molecule has 0 amide bonds. The summed E-state index contributed by atoms with van der Waals surface area (Å²) in [4.78, 5) is 0. The van der Waals surface area contributed by atoms with Gasteiger partial charge in [0, 0.05) is 0 Å². The fraction of sp³-hybridized carbons (Fsp3) is 0.300. The number of nitrogens with two attached hydrogens (primary N) is 1. The number of tetrazole rings is 1. The van der Waals surface area contributed by atoms with Crippen molar-refractivity contribution in [2.45, 2.75) is 19.9 Å². The van der Waals surface area contributed by atoms with Gasteiger partial charge in [-0.25, -0.2) is 0 Å². The first-order valence-corrected chi connectivity index (χ1v) is 4.74. The molecule has 0 aliphatic carbocycles. The Morgan fingerprint density at radius 3 is 2.80 bits per heavy atom. The number of hydrogen-bond donors (Lipinski definition) is 2. The first-order chi connectivity index (χ1) is 7.18. The van der Waals surface area contributed by atoms with E-state index in [9.17, 15) is 0 Å². The molecule has 5 nitrogen and oxygen atoms in total. The average molecular weight is 203 g/mol. The zero-order chi connectivity index (χ0) is 10.8. The number of hydrogen-bond acceptors (Lipinski definition) is 4.